The van der Waals surface area contributed by atoms with E-state index in [1.54, 1.807) is 12.6 Å². The standard InChI is InChI=1S/C26H26FN5OS/c1-16-13-31-15-28-24(27)23(31)14-32(16)25-21-11-10-18(12-22(21)29-26(30-25)34(2)33)20-9-5-7-17-6-3-4-8-19(17)20/h3-9,15-16,18H,10-14H2,1-2H3/t16-,18?,34?/m1/s1. The summed E-state index contributed by atoms with van der Waals surface area (Å²) in [5.41, 5.74) is 3.96. The normalized spacial score (nSPS) is 20.7. The van der Waals surface area contributed by atoms with Gasteiger partial charge in [-0.3, -0.25) is 4.21 Å². The van der Waals surface area contributed by atoms with Crippen LogP contribution in [0.4, 0.5) is 10.2 Å². The number of fused-ring (bicyclic) bond motifs is 3. The lowest BCUT2D eigenvalue weighted by molar-refractivity contribution is 0.448. The summed E-state index contributed by atoms with van der Waals surface area (Å²) in [6.07, 6.45) is 5.78. The van der Waals surface area contributed by atoms with Gasteiger partial charge in [-0.05, 0) is 48.4 Å². The highest BCUT2D eigenvalue weighted by atomic mass is 32.2. The third kappa shape index (κ3) is 3.52. The minimum absolute atomic E-state index is 0.106. The van der Waals surface area contributed by atoms with Crippen LogP contribution in [0.25, 0.3) is 10.8 Å². The van der Waals surface area contributed by atoms with Crippen LogP contribution in [0.3, 0.4) is 0 Å². The van der Waals surface area contributed by atoms with E-state index in [0.717, 1.165) is 36.3 Å². The predicted molar refractivity (Wildman–Crippen MR) is 131 cm³/mol. The second-order valence-corrected chi connectivity index (χ2v) is 10.6. The lowest BCUT2D eigenvalue weighted by Gasteiger charge is -2.38. The lowest BCUT2D eigenvalue weighted by atomic mass is 9.80. The van der Waals surface area contributed by atoms with Crippen LogP contribution in [0.15, 0.2) is 53.9 Å². The van der Waals surface area contributed by atoms with Gasteiger partial charge >= 0.3 is 0 Å². The molecule has 2 aromatic heterocycles. The molecule has 1 aliphatic heterocycles. The molecule has 8 heteroatoms. The van der Waals surface area contributed by atoms with Crippen molar-refractivity contribution in [1.82, 2.24) is 19.5 Å². The number of hydrogen-bond acceptors (Lipinski definition) is 5. The molecule has 0 saturated carbocycles. The highest BCUT2D eigenvalue weighted by molar-refractivity contribution is 7.84. The number of halogens is 1. The van der Waals surface area contributed by atoms with Crippen molar-refractivity contribution in [2.24, 2.45) is 0 Å². The molecule has 0 spiro atoms. The van der Waals surface area contributed by atoms with Crippen molar-refractivity contribution >= 4 is 27.4 Å². The number of imidazole rings is 1. The van der Waals surface area contributed by atoms with E-state index in [-0.39, 0.29) is 6.04 Å². The zero-order valence-corrected chi connectivity index (χ0v) is 20.1. The molecule has 6 nitrogen and oxygen atoms in total. The van der Waals surface area contributed by atoms with Gasteiger partial charge in [-0.25, -0.2) is 15.0 Å². The number of rotatable bonds is 3. The minimum atomic E-state index is -1.31. The molecule has 3 atom stereocenters. The molecule has 34 heavy (non-hydrogen) atoms. The summed E-state index contributed by atoms with van der Waals surface area (Å²) in [5.74, 6) is 0.693. The molecule has 6 rings (SSSR count). The first-order chi connectivity index (χ1) is 16.5. The maximum Gasteiger partial charge on any atom is 0.235 e. The summed E-state index contributed by atoms with van der Waals surface area (Å²) < 4.78 is 28.7. The Hall–Kier alpha value is -3.13. The lowest BCUT2D eigenvalue weighted by Crippen LogP contribution is -2.42. The van der Waals surface area contributed by atoms with Crippen molar-refractivity contribution in [2.75, 3.05) is 11.2 Å². The van der Waals surface area contributed by atoms with Gasteiger partial charge in [0.05, 0.1) is 35.1 Å². The van der Waals surface area contributed by atoms with Gasteiger partial charge in [0.1, 0.15) is 5.82 Å². The molecule has 3 heterocycles. The molecule has 2 unspecified atom stereocenters. The fraction of sp³-hybridized carbons (Fsp3) is 0.346. The summed E-state index contributed by atoms with van der Waals surface area (Å²) in [6.45, 7) is 3.13. The average molecular weight is 476 g/mol. The molecule has 0 amide bonds. The van der Waals surface area contributed by atoms with Crippen LogP contribution in [0.1, 0.15) is 41.8 Å². The molecular formula is C26H26FN5OS. The van der Waals surface area contributed by atoms with Crippen LogP contribution in [0.5, 0.6) is 0 Å². The third-order valence-corrected chi connectivity index (χ3v) is 7.93. The quantitative estimate of drug-likeness (QED) is 0.412. The molecule has 2 aromatic carbocycles. The van der Waals surface area contributed by atoms with E-state index in [1.165, 1.54) is 16.3 Å². The van der Waals surface area contributed by atoms with Crippen molar-refractivity contribution in [3.8, 4) is 0 Å². The van der Waals surface area contributed by atoms with Gasteiger partial charge in [0.2, 0.25) is 11.1 Å². The van der Waals surface area contributed by atoms with E-state index < -0.39 is 16.7 Å². The smallest absolute Gasteiger partial charge is 0.235 e. The first kappa shape index (κ1) is 21.4. The zero-order valence-electron chi connectivity index (χ0n) is 19.2. The molecule has 0 bridgehead atoms. The fourth-order valence-electron chi connectivity index (χ4n) is 5.49. The Labute approximate surface area is 200 Å². The van der Waals surface area contributed by atoms with E-state index in [1.807, 2.05) is 4.57 Å². The summed E-state index contributed by atoms with van der Waals surface area (Å²) in [7, 11) is -1.31. The van der Waals surface area contributed by atoms with Gasteiger partial charge in [-0.15, -0.1) is 0 Å². The molecule has 2 aliphatic rings. The predicted octanol–water partition coefficient (Wildman–Crippen LogP) is 4.38. The molecule has 0 radical (unpaired) electrons. The van der Waals surface area contributed by atoms with E-state index in [4.69, 9.17) is 9.97 Å². The topological polar surface area (TPSA) is 63.9 Å². The van der Waals surface area contributed by atoms with Crippen molar-refractivity contribution < 1.29 is 8.60 Å². The highest BCUT2D eigenvalue weighted by Gasteiger charge is 2.33. The highest BCUT2D eigenvalue weighted by Crippen LogP contribution is 2.39. The van der Waals surface area contributed by atoms with Crippen LogP contribution >= 0.6 is 0 Å². The van der Waals surface area contributed by atoms with E-state index >= 15 is 0 Å². The van der Waals surface area contributed by atoms with Gasteiger partial charge in [-0.1, -0.05) is 42.5 Å². The number of benzene rings is 2. The van der Waals surface area contributed by atoms with Crippen LogP contribution < -0.4 is 4.90 Å². The summed E-state index contributed by atoms with van der Waals surface area (Å²) >= 11 is 0. The van der Waals surface area contributed by atoms with E-state index in [0.29, 0.717) is 29.9 Å². The number of hydrogen-bond donors (Lipinski definition) is 0. The van der Waals surface area contributed by atoms with Gasteiger partial charge < -0.3 is 9.47 Å². The van der Waals surface area contributed by atoms with Crippen LogP contribution in [0, 0.1) is 5.95 Å². The Balaban J connectivity index is 1.42. The first-order valence-electron chi connectivity index (χ1n) is 11.7. The number of anilines is 1. The van der Waals surface area contributed by atoms with Gasteiger partial charge in [0.25, 0.3) is 0 Å². The fourth-order valence-corrected chi connectivity index (χ4v) is 5.95. The Bertz CT molecular complexity index is 1430. The van der Waals surface area contributed by atoms with Gasteiger partial charge in [0, 0.05) is 24.4 Å². The zero-order chi connectivity index (χ0) is 23.4. The number of aromatic nitrogens is 4. The number of nitrogens with zero attached hydrogens (tertiary/aromatic N) is 5. The second-order valence-electron chi connectivity index (χ2n) is 9.33. The first-order valence-corrected chi connectivity index (χ1v) is 13.2. The molecule has 4 aromatic rings. The second kappa shape index (κ2) is 8.27. The minimum Gasteiger partial charge on any atom is -0.346 e. The maximum atomic E-state index is 14.3. The SMILES string of the molecule is C[C@@H]1Cn2cnc(F)c2CN1c1nc(S(C)=O)nc2c1CCC(c1cccc3ccccc13)C2. The van der Waals surface area contributed by atoms with Crippen LogP contribution in [0.2, 0.25) is 0 Å². The largest absolute Gasteiger partial charge is 0.346 e. The molecular weight excluding hydrogens is 449 g/mol. The Morgan fingerprint density at radius 3 is 2.79 bits per heavy atom. The van der Waals surface area contributed by atoms with E-state index in [9.17, 15) is 8.60 Å². The molecule has 0 fully saturated rings. The summed E-state index contributed by atoms with van der Waals surface area (Å²) in [4.78, 5) is 15.5. The maximum absolute atomic E-state index is 14.3. The van der Waals surface area contributed by atoms with E-state index in [2.05, 4.69) is 59.3 Å². The van der Waals surface area contributed by atoms with Gasteiger partial charge in [0.15, 0.2) is 0 Å². The van der Waals surface area contributed by atoms with Crippen molar-refractivity contribution in [3.05, 3.63) is 77.3 Å². The average Bonchev–Trinajstić information content (AvgIpc) is 3.21. The Morgan fingerprint density at radius 2 is 1.94 bits per heavy atom. The van der Waals surface area contributed by atoms with Crippen molar-refractivity contribution in [1.29, 1.82) is 0 Å². The van der Waals surface area contributed by atoms with Gasteiger partial charge in [-0.2, -0.15) is 4.39 Å². The third-order valence-electron chi connectivity index (χ3n) is 7.23. The van der Waals surface area contributed by atoms with Crippen LogP contribution in [-0.4, -0.2) is 36.0 Å². The summed E-state index contributed by atoms with van der Waals surface area (Å²) in [5, 5.41) is 2.87. The van der Waals surface area contributed by atoms with Crippen molar-refractivity contribution in [3.63, 3.8) is 0 Å². The summed E-state index contributed by atoms with van der Waals surface area (Å²) in [6, 6.07) is 15.1. The van der Waals surface area contributed by atoms with Crippen molar-refractivity contribution in [2.45, 2.75) is 56.4 Å². The molecule has 174 valence electrons. The van der Waals surface area contributed by atoms with Crippen LogP contribution in [-0.2, 0) is 36.7 Å². The monoisotopic (exact) mass is 475 g/mol. The molecule has 0 saturated heterocycles. The Kier molecular flexibility index (Phi) is 5.21. The molecule has 1 aliphatic carbocycles. The Morgan fingerprint density at radius 1 is 1.12 bits per heavy atom. The molecule has 0 N–H and O–H groups in total.